The Labute approximate surface area is 162 Å². The zero-order chi connectivity index (χ0) is 19.2. The Morgan fingerprint density at radius 3 is 2.78 bits per heavy atom. The summed E-state index contributed by atoms with van der Waals surface area (Å²) in [4.78, 5) is 49.9. The summed E-state index contributed by atoms with van der Waals surface area (Å²) >= 11 is 1.60. The van der Waals surface area contributed by atoms with Gasteiger partial charge in [-0.3, -0.25) is 19.8 Å². The number of fused-ring (bicyclic) bond motifs is 2. The van der Waals surface area contributed by atoms with E-state index in [1.54, 1.807) is 11.8 Å². The van der Waals surface area contributed by atoms with Crippen LogP contribution in [-0.2, 0) is 9.59 Å². The molecule has 0 aromatic heterocycles. The Balaban J connectivity index is 1.27. The molecule has 4 fully saturated rings. The average Bonchev–Trinajstić information content (AvgIpc) is 3.38. The maximum Gasteiger partial charge on any atom is 0.325 e. The fourth-order valence-electron chi connectivity index (χ4n) is 5.22. The first-order valence-corrected chi connectivity index (χ1v) is 10.9. The van der Waals surface area contributed by atoms with Crippen molar-refractivity contribution in [2.45, 2.75) is 50.6 Å². The molecule has 2 saturated carbocycles. The van der Waals surface area contributed by atoms with Crippen LogP contribution in [0, 0.1) is 17.8 Å². The third kappa shape index (κ3) is 3.41. The van der Waals surface area contributed by atoms with E-state index in [4.69, 9.17) is 0 Å². The minimum Gasteiger partial charge on any atom is -0.335 e. The van der Waals surface area contributed by atoms with Gasteiger partial charge in [-0.2, -0.15) is 11.8 Å². The van der Waals surface area contributed by atoms with Gasteiger partial charge in [-0.1, -0.05) is 6.42 Å². The van der Waals surface area contributed by atoms with Crippen molar-refractivity contribution in [3.8, 4) is 0 Å². The monoisotopic (exact) mass is 394 g/mol. The van der Waals surface area contributed by atoms with Gasteiger partial charge < -0.3 is 10.6 Å². The molecule has 1 spiro atoms. The van der Waals surface area contributed by atoms with Gasteiger partial charge in [0.15, 0.2) is 0 Å². The van der Waals surface area contributed by atoms with Crippen LogP contribution in [0.2, 0.25) is 0 Å². The van der Waals surface area contributed by atoms with Crippen molar-refractivity contribution in [2.24, 2.45) is 17.8 Å². The summed E-state index contributed by atoms with van der Waals surface area (Å²) in [7, 11) is 0. The van der Waals surface area contributed by atoms with Crippen LogP contribution < -0.4 is 16.0 Å². The van der Waals surface area contributed by atoms with Gasteiger partial charge in [0.1, 0.15) is 12.1 Å². The van der Waals surface area contributed by atoms with E-state index in [0.717, 1.165) is 23.0 Å². The van der Waals surface area contributed by atoms with E-state index in [2.05, 4.69) is 16.0 Å². The Morgan fingerprint density at radius 1 is 1.33 bits per heavy atom. The van der Waals surface area contributed by atoms with Crippen LogP contribution in [-0.4, -0.2) is 58.4 Å². The maximum absolute atomic E-state index is 12.5. The molecule has 2 saturated heterocycles. The fourth-order valence-corrected chi connectivity index (χ4v) is 6.54. The highest BCUT2D eigenvalue weighted by Gasteiger charge is 2.53. The maximum atomic E-state index is 12.5. The molecule has 0 radical (unpaired) electrons. The van der Waals surface area contributed by atoms with E-state index in [1.807, 2.05) is 6.92 Å². The van der Waals surface area contributed by atoms with Gasteiger partial charge >= 0.3 is 12.1 Å². The number of nitrogens with zero attached hydrogens (tertiary/aromatic N) is 1. The Kier molecular flexibility index (Phi) is 4.82. The number of nitrogens with one attached hydrogen (secondary N) is 3. The molecule has 5 atom stereocenters. The molecular formula is C18H26N4O4S. The zero-order valence-corrected chi connectivity index (χ0v) is 16.3. The van der Waals surface area contributed by atoms with E-state index in [0.29, 0.717) is 24.0 Å². The largest absolute Gasteiger partial charge is 0.335 e. The second kappa shape index (κ2) is 7.00. The highest BCUT2D eigenvalue weighted by atomic mass is 32.2. The molecule has 27 heavy (non-hydrogen) atoms. The quantitative estimate of drug-likeness (QED) is 0.618. The normalized spacial score (nSPS) is 35.6. The number of thioether (sulfide) groups is 1. The molecule has 148 valence electrons. The van der Waals surface area contributed by atoms with Crippen molar-refractivity contribution in [1.82, 2.24) is 20.9 Å². The molecule has 2 aliphatic carbocycles. The molecule has 8 nitrogen and oxygen atoms in total. The predicted octanol–water partition coefficient (Wildman–Crippen LogP) is 1.06. The lowest BCUT2D eigenvalue weighted by atomic mass is 9.84. The van der Waals surface area contributed by atoms with Crippen molar-refractivity contribution in [1.29, 1.82) is 0 Å². The van der Waals surface area contributed by atoms with Crippen LogP contribution in [0.4, 0.5) is 9.59 Å². The lowest BCUT2D eigenvalue weighted by molar-refractivity contribution is -0.134. The van der Waals surface area contributed by atoms with Crippen LogP contribution in [0.15, 0.2) is 0 Å². The Bertz CT molecular complexity index is 678. The van der Waals surface area contributed by atoms with Crippen molar-refractivity contribution >= 4 is 35.6 Å². The highest BCUT2D eigenvalue weighted by Crippen LogP contribution is 2.49. The molecule has 9 heteroatoms. The van der Waals surface area contributed by atoms with Crippen molar-refractivity contribution in [2.75, 3.05) is 18.1 Å². The highest BCUT2D eigenvalue weighted by molar-refractivity contribution is 7.99. The summed E-state index contributed by atoms with van der Waals surface area (Å²) in [6, 6.07) is -1.12. The number of imide groups is 2. The molecule has 2 heterocycles. The van der Waals surface area contributed by atoms with Crippen molar-refractivity contribution in [3.05, 3.63) is 0 Å². The summed E-state index contributed by atoms with van der Waals surface area (Å²) in [5.74, 6) is 2.23. The van der Waals surface area contributed by atoms with Crippen LogP contribution >= 0.6 is 11.8 Å². The van der Waals surface area contributed by atoms with Gasteiger partial charge in [-0.25, -0.2) is 9.59 Å². The third-order valence-corrected chi connectivity index (χ3v) is 7.81. The Hall–Kier alpha value is -1.77. The SMILES string of the molecule is CC(NC(=O)NC(=O)CN1C(=O)NC2(CCSC2)C1=O)C1CC2CCC1C2. The van der Waals surface area contributed by atoms with Crippen molar-refractivity contribution in [3.63, 3.8) is 0 Å². The number of carbonyl (C=O) groups excluding carboxylic acids is 4. The number of hydrogen-bond acceptors (Lipinski definition) is 5. The molecule has 2 aliphatic heterocycles. The molecule has 0 aromatic rings. The fraction of sp³-hybridized carbons (Fsp3) is 0.778. The first-order valence-electron chi connectivity index (χ1n) is 9.70. The molecule has 2 bridgehead atoms. The lowest BCUT2D eigenvalue weighted by Crippen LogP contribution is -2.50. The van der Waals surface area contributed by atoms with E-state index in [-0.39, 0.29) is 11.9 Å². The summed E-state index contributed by atoms with van der Waals surface area (Å²) in [6.45, 7) is 1.54. The second-order valence-electron chi connectivity index (χ2n) is 8.36. The predicted molar refractivity (Wildman–Crippen MR) is 100.0 cm³/mol. The second-order valence-corrected chi connectivity index (χ2v) is 9.46. The minimum atomic E-state index is -0.874. The number of amides is 6. The Morgan fingerprint density at radius 2 is 2.15 bits per heavy atom. The summed E-state index contributed by atoms with van der Waals surface area (Å²) < 4.78 is 0. The molecule has 6 amide bonds. The first kappa shape index (κ1) is 18.6. The summed E-state index contributed by atoms with van der Waals surface area (Å²) in [6.07, 6.45) is 5.49. The van der Waals surface area contributed by atoms with Crippen LogP contribution in [0.5, 0.6) is 0 Å². The summed E-state index contributed by atoms with van der Waals surface area (Å²) in [5.41, 5.74) is -0.874. The van der Waals surface area contributed by atoms with Gasteiger partial charge in [0, 0.05) is 11.8 Å². The van der Waals surface area contributed by atoms with Gasteiger partial charge in [-0.15, -0.1) is 0 Å². The molecule has 4 aliphatic rings. The molecule has 3 N–H and O–H groups in total. The van der Waals surface area contributed by atoms with Crippen LogP contribution in [0.3, 0.4) is 0 Å². The van der Waals surface area contributed by atoms with E-state index < -0.39 is 30.1 Å². The molecule has 5 unspecified atom stereocenters. The van der Waals surface area contributed by atoms with Crippen LogP contribution in [0.1, 0.15) is 39.0 Å². The van der Waals surface area contributed by atoms with E-state index in [1.165, 1.54) is 19.3 Å². The van der Waals surface area contributed by atoms with Gasteiger partial charge in [-0.05, 0) is 56.1 Å². The van der Waals surface area contributed by atoms with Gasteiger partial charge in [0.25, 0.3) is 5.91 Å². The minimum absolute atomic E-state index is 0.00333. The number of carbonyl (C=O) groups is 4. The molecule has 4 rings (SSSR count). The van der Waals surface area contributed by atoms with Crippen LogP contribution in [0.25, 0.3) is 0 Å². The number of urea groups is 2. The summed E-state index contributed by atoms with van der Waals surface area (Å²) in [5, 5.41) is 7.82. The van der Waals surface area contributed by atoms with Crippen molar-refractivity contribution < 1.29 is 19.2 Å². The van der Waals surface area contributed by atoms with Gasteiger partial charge in [0.2, 0.25) is 5.91 Å². The molecular weight excluding hydrogens is 368 g/mol. The van der Waals surface area contributed by atoms with E-state index >= 15 is 0 Å². The zero-order valence-electron chi connectivity index (χ0n) is 15.5. The van der Waals surface area contributed by atoms with E-state index in [9.17, 15) is 19.2 Å². The standard InChI is InChI=1S/C18H26N4O4S/c1-10(13-7-11-2-3-12(13)6-11)19-16(25)20-14(23)8-22-15(24)18(21-17(22)26)4-5-27-9-18/h10-13H,2-9H2,1H3,(H,21,26)(H2,19,20,23,25). The first-order chi connectivity index (χ1) is 12.9. The van der Waals surface area contributed by atoms with Gasteiger partial charge in [0.05, 0.1) is 0 Å². The number of hydrogen-bond donors (Lipinski definition) is 3. The smallest absolute Gasteiger partial charge is 0.325 e. The third-order valence-electron chi connectivity index (χ3n) is 6.62. The number of rotatable bonds is 4. The lowest BCUT2D eigenvalue weighted by Gasteiger charge is -2.28. The molecule has 0 aromatic carbocycles. The average molecular weight is 394 g/mol. The topological polar surface area (TPSA) is 108 Å².